The third-order valence-electron chi connectivity index (χ3n) is 2.19. The van der Waals surface area contributed by atoms with Crippen molar-refractivity contribution < 1.29 is 4.74 Å². The summed E-state index contributed by atoms with van der Waals surface area (Å²) in [5.74, 6) is 0.857. The summed E-state index contributed by atoms with van der Waals surface area (Å²) in [6, 6.07) is 5.88. The van der Waals surface area contributed by atoms with E-state index in [9.17, 15) is 0 Å². The molecule has 1 aromatic carbocycles. The topological polar surface area (TPSA) is 35.2 Å². The molecule has 88 valence electrons. The zero-order valence-corrected chi connectivity index (χ0v) is 11.5. The van der Waals surface area contributed by atoms with E-state index >= 15 is 0 Å². The van der Waals surface area contributed by atoms with Crippen molar-refractivity contribution in [2.45, 2.75) is 26.8 Å². The van der Waals surface area contributed by atoms with Gasteiger partial charge in [0.05, 0.1) is 0 Å². The quantitative estimate of drug-likeness (QED) is 0.853. The molecule has 0 aliphatic carbocycles. The zero-order chi connectivity index (χ0) is 12.1. The molecule has 0 saturated carbocycles. The van der Waals surface area contributed by atoms with E-state index in [2.05, 4.69) is 29.8 Å². The first-order chi connectivity index (χ1) is 7.50. The van der Waals surface area contributed by atoms with Crippen LogP contribution in [0.4, 0.5) is 0 Å². The van der Waals surface area contributed by atoms with Crippen LogP contribution in [0.3, 0.4) is 0 Å². The van der Waals surface area contributed by atoms with Gasteiger partial charge in [0.1, 0.15) is 12.4 Å². The second kappa shape index (κ2) is 6.06. The normalized spacial score (nSPS) is 12.1. The van der Waals surface area contributed by atoms with Crippen molar-refractivity contribution in [3.63, 3.8) is 0 Å². The van der Waals surface area contributed by atoms with Gasteiger partial charge in [-0.2, -0.15) is 0 Å². The average Bonchev–Trinajstić information content (AvgIpc) is 2.19. The maximum Gasteiger partial charge on any atom is 0.124 e. The third-order valence-corrected chi connectivity index (χ3v) is 2.69. The van der Waals surface area contributed by atoms with Crippen LogP contribution in [-0.4, -0.2) is 6.61 Å². The molecule has 1 rings (SSSR count). The van der Waals surface area contributed by atoms with Crippen molar-refractivity contribution in [2.24, 2.45) is 5.73 Å². The molecule has 0 unspecified atom stereocenters. The first kappa shape index (κ1) is 13.3. The van der Waals surface area contributed by atoms with Gasteiger partial charge in [0.25, 0.3) is 0 Å². The number of hydrogen-bond acceptors (Lipinski definition) is 2. The highest BCUT2D eigenvalue weighted by molar-refractivity contribution is 9.10. The van der Waals surface area contributed by atoms with Gasteiger partial charge in [-0.15, -0.1) is 0 Å². The van der Waals surface area contributed by atoms with Gasteiger partial charge in [0.15, 0.2) is 0 Å². The smallest absolute Gasteiger partial charge is 0.124 e. The van der Waals surface area contributed by atoms with Gasteiger partial charge in [-0.3, -0.25) is 0 Å². The van der Waals surface area contributed by atoms with Crippen molar-refractivity contribution in [2.75, 3.05) is 6.61 Å². The van der Waals surface area contributed by atoms with Crippen molar-refractivity contribution >= 4 is 15.9 Å². The second-order valence-electron chi connectivity index (χ2n) is 4.06. The number of benzene rings is 1. The summed E-state index contributed by atoms with van der Waals surface area (Å²) in [6.45, 7) is 6.65. The molecule has 0 aliphatic rings. The third kappa shape index (κ3) is 3.99. The number of ether oxygens (including phenoxy) is 1. The maximum atomic E-state index is 5.90. The van der Waals surface area contributed by atoms with E-state index in [1.54, 1.807) is 0 Å². The molecular formula is C13H18BrNO. The molecule has 1 atom stereocenters. The van der Waals surface area contributed by atoms with E-state index < -0.39 is 0 Å². The summed E-state index contributed by atoms with van der Waals surface area (Å²) in [5, 5.41) is 0. The number of rotatable bonds is 4. The fourth-order valence-corrected chi connectivity index (χ4v) is 1.68. The summed E-state index contributed by atoms with van der Waals surface area (Å²) < 4.78 is 6.71. The monoisotopic (exact) mass is 283 g/mol. The van der Waals surface area contributed by atoms with E-state index in [1.807, 2.05) is 31.2 Å². The minimum absolute atomic E-state index is 0.0285. The van der Waals surface area contributed by atoms with Crippen LogP contribution < -0.4 is 10.5 Å². The Labute approximate surface area is 106 Å². The molecule has 2 N–H and O–H groups in total. The predicted molar refractivity (Wildman–Crippen MR) is 71.7 cm³/mol. The van der Waals surface area contributed by atoms with Gasteiger partial charge >= 0.3 is 0 Å². The van der Waals surface area contributed by atoms with E-state index in [0.717, 1.165) is 15.8 Å². The Morgan fingerprint density at radius 3 is 2.75 bits per heavy atom. The van der Waals surface area contributed by atoms with Crippen molar-refractivity contribution in [3.8, 4) is 5.75 Å². The lowest BCUT2D eigenvalue weighted by Crippen LogP contribution is -2.08. The summed E-state index contributed by atoms with van der Waals surface area (Å²) in [5.41, 5.74) is 8.17. The van der Waals surface area contributed by atoms with E-state index in [4.69, 9.17) is 10.5 Å². The SMILES string of the molecule is CC(C)=CCOc1ccc(Br)cc1[C@@H](C)N. The standard InChI is InChI=1S/C13H18BrNO/c1-9(2)6-7-16-13-5-4-11(14)8-12(13)10(3)15/h4-6,8,10H,7,15H2,1-3H3/t10-/m1/s1. The molecule has 0 fully saturated rings. The van der Waals surface area contributed by atoms with Crippen LogP contribution in [0.25, 0.3) is 0 Å². The molecule has 2 nitrogen and oxygen atoms in total. The number of nitrogens with two attached hydrogens (primary N) is 1. The van der Waals surface area contributed by atoms with Crippen molar-refractivity contribution in [1.29, 1.82) is 0 Å². The summed E-state index contributed by atoms with van der Waals surface area (Å²) in [6.07, 6.45) is 2.05. The Kier molecular flexibility index (Phi) is 5.03. The fourth-order valence-electron chi connectivity index (χ4n) is 1.30. The van der Waals surface area contributed by atoms with Crippen LogP contribution in [0.2, 0.25) is 0 Å². The minimum atomic E-state index is -0.0285. The number of allylic oxidation sites excluding steroid dienone is 1. The molecule has 0 amide bonds. The number of hydrogen-bond donors (Lipinski definition) is 1. The Morgan fingerprint density at radius 2 is 2.19 bits per heavy atom. The van der Waals surface area contributed by atoms with Crippen LogP contribution in [0.15, 0.2) is 34.3 Å². The zero-order valence-electron chi connectivity index (χ0n) is 9.96. The average molecular weight is 284 g/mol. The first-order valence-corrected chi connectivity index (χ1v) is 6.11. The lowest BCUT2D eigenvalue weighted by atomic mass is 10.1. The molecule has 0 bridgehead atoms. The van der Waals surface area contributed by atoms with E-state index in [0.29, 0.717) is 6.61 Å². The van der Waals surface area contributed by atoms with Gasteiger partial charge in [0, 0.05) is 16.1 Å². The highest BCUT2D eigenvalue weighted by Gasteiger charge is 2.08. The lowest BCUT2D eigenvalue weighted by molar-refractivity contribution is 0.356. The molecule has 0 aliphatic heterocycles. The van der Waals surface area contributed by atoms with E-state index in [-0.39, 0.29) is 6.04 Å². The van der Waals surface area contributed by atoms with Crippen LogP contribution >= 0.6 is 15.9 Å². The van der Waals surface area contributed by atoms with Crippen molar-refractivity contribution in [3.05, 3.63) is 39.9 Å². The van der Waals surface area contributed by atoms with E-state index in [1.165, 1.54) is 5.57 Å². The molecule has 16 heavy (non-hydrogen) atoms. The fraction of sp³-hybridized carbons (Fsp3) is 0.385. The molecular weight excluding hydrogens is 266 g/mol. The van der Waals surface area contributed by atoms with Crippen LogP contribution in [0.1, 0.15) is 32.4 Å². The second-order valence-corrected chi connectivity index (χ2v) is 4.98. The number of halogens is 1. The Morgan fingerprint density at radius 1 is 1.50 bits per heavy atom. The molecule has 3 heteroatoms. The maximum absolute atomic E-state index is 5.90. The van der Waals surface area contributed by atoms with Gasteiger partial charge in [-0.05, 0) is 45.0 Å². The summed E-state index contributed by atoms with van der Waals surface area (Å²) in [4.78, 5) is 0. The molecule has 0 aromatic heterocycles. The summed E-state index contributed by atoms with van der Waals surface area (Å²) >= 11 is 3.43. The predicted octanol–water partition coefficient (Wildman–Crippen LogP) is 3.81. The van der Waals surface area contributed by atoms with Gasteiger partial charge < -0.3 is 10.5 Å². The Hall–Kier alpha value is -0.800. The Bertz CT molecular complexity index is 382. The highest BCUT2D eigenvalue weighted by atomic mass is 79.9. The molecule has 0 saturated heterocycles. The lowest BCUT2D eigenvalue weighted by Gasteiger charge is -2.13. The summed E-state index contributed by atoms with van der Waals surface area (Å²) in [7, 11) is 0. The van der Waals surface area contributed by atoms with Gasteiger partial charge in [-0.1, -0.05) is 21.5 Å². The van der Waals surface area contributed by atoms with Crippen LogP contribution in [0, 0.1) is 0 Å². The van der Waals surface area contributed by atoms with Gasteiger partial charge in [0.2, 0.25) is 0 Å². The molecule has 1 aromatic rings. The minimum Gasteiger partial charge on any atom is -0.489 e. The molecule has 0 radical (unpaired) electrons. The highest BCUT2D eigenvalue weighted by Crippen LogP contribution is 2.27. The largest absolute Gasteiger partial charge is 0.489 e. The first-order valence-electron chi connectivity index (χ1n) is 5.32. The molecule has 0 heterocycles. The van der Waals surface area contributed by atoms with Crippen molar-refractivity contribution in [1.82, 2.24) is 0 Å². The van der Waals surface area contributed by atoms with Crippen LogP contribution in [-0.2, 0) is 0 Å². The molecule has 0 spiro atoms. The van der Waals surface area contributed by atoms with Crippen LogP contribution in [0.5, 0.6) is 5.75 Å². The van der Waals surface area contributed by atoms with Gasteiger partial charge in [-0.25, -0.2) is 0 Å². The Balaban J connectivity index is 2.82.